The average molecular weight is 533 g/mol. The van der Waals surface area contributed by atoms with E-state index in [0.717, 1.165) is 24.2 Å². The van der Waals surface area contributed by atoms with E-state index in [-0.39, 0.29) is 24.1 Å². The highest BCUT2D eigenvalue weighted by molar-refractivity contribution is 7.80. The van der Waals surface area contributed by atoms with Gasteiger partial charge in [-0.05, 0) is 72.7 Å². The first-order valence-corrected chi connectivity index (χ1v) is 12.8. The molecule has 3 aromatic rings. The van der Waals surface area contributed by atoms with Gasteiger partial charge in [0.05, 0.1) is 12.1 Å². The summed E-state index contributed by atoms with van der Waals surface area (Å²) < 4.78 is 0. The maximum Gasteiger partial charge on any atom is 0.256 e. The highest BCUT2D eigenvalue weighted by Gasteiger charge is 2.44. The van der Waals surface area contributed by atoms with Crippen LogP contribution in [0.1, 0.15) is 24.8 Å². The van der Waals surface area contributed by atoms with Gasteiger partial charge in [0.1, 0.15) is 6.04 Å². The van der Waals surface area contributed by atoms with Crippen molar-refractivity contribution in [2.75, 3.05) is 21.7 Å². The van der Waals surface area contributed by atoms with E-state index in [1.54, 1.807) is 34.1 Å². The molecule has 2 aliphatic rings. The topological polar surface area (TPSA) is 73.0 Å². The van der Waals surface area contributed by atoms with Crippen LogP contribution in [-0.2, 0) is 20.9 Å². The molecule has 2 aliphatic heterocycles. The van der Waals surface area contributed by atoms with Crippen LogP contribution in [0.25, 0.3) is 0 Å². The Balaban J connectivity index is 1.37. The number of hydrogen-bond donors (Lipinski definition) is 1. The normalized spacial score (nSPS) is 17.6. The largest absolute Gasteiger partial charge is 0.332 e. The van der Waals surface area contributed by atoms with E-state index in [4.69, 9.17) is 23.8 Å². The zero-order valence-electron chi connectivity index (χ0n) is 20.0. The third-order valence-corrected chi connectivity index (χ3v) is 7.18. The van der Waals surface area contributed by atoms with Crippen molar-refractivity contribution >= 4 is 63.7 Å². The van der Waals surface area contributed by atoms with Gasteiger partial charge in [-0.3, -0.25) is 19.3 Å². The number of benzene rings is 3. The number of para-hydroxylation sites is 1. The fraction of sp³-hybridized carbons (Fsp3) is 0.214. The fourth-order valence-corrected chi connectivity index (χ4v) is 5.16. The molecule has 0 bridgehead atoms. The van der Waals surface area contributed by atoms with Crippen LogP contribution in [0.15, 0.2) is 78.9 Å². The summed E-state index contributed by atoms with van der Waals surface area (Å²) in [5.74, 6) is -0.419. The number of nitrogens with one attached hydrogen (secondary N) is 1. The Labute approximate surface area is 225 Å². The SMILES string of the molecule is O=C(C[C@H]1C(=O)N(c2ccccc2)C(=S)N1Cc1ccc(N2CCCC2=O)cc1)Nc1ccc(Cl)cc1. The Morgan fingerprint density at radius 1 is 0.946 bits per heavy atom. The molecule has 2 fully saturated rings. The number of rotatable bonds is 7. The maximum absolute atomic E-state index is 13.6. The van der Waals surface area contributed by atoms with Gasteiger partial charge in [-0.1, -0.05) is 41.9 Å². The summed E-state index contributed by atoms with van der Waals surface area (Å²) in [6, 6.07) is 22.9. The van der Waals surface area contributed by atoms with E-state index in [0.29, 0.717) is 34.5 Å². The molecule has 0 aliphatic carbocycles. The first-order valence-electron chi connectivity index (χ1n) is 12.0. The molecule has 188 valence electrons. The van der Waals surface area contributed by atoms with Crippen LogP contribution >= 0.6 is 23.8 Å². The summed E-state index contributed by atoms with van der Waals surface area (Å²) in [4.78, 5) is 43.7. The van der Waals surface area contributed by atoms with E-state index in [9.17, 15) is 14.4 Å². The van der Waals surface area contributed by atoms with E-state index < -0.39 is 6.04 Å². The maximum atomic E-state index is 13.6. The zero-order valence-corrected chi connectivity index (χ0v) is 21.5. The highest BCUT2D eigenvalue weighted by atomic mass is 35.5. The van der Waals surface area contributed by atoms with Crippen LogP contribution < -0.4 is 15.1 Å². The first kappa shape index (κ1) is 24.9. The van der Waals surface area contributed by atoms with Gasteiger partial charge in [-0.15, -0.1) is 0 Å². The van der Waals surface area contributed by atoms with Gasteiger partial charge in [0.2, 0.25) is 11.8 Å². The van der Waals surface area contributed by atoms with Gasteiger partial charge < -0.3 is 15.1 Å². The van der Waals surface area contributed by atoms with Crippen LogP contribution in [0.5, 0.6) is 0 Å². The quantitative estimate of drug-likeness (QED) is 0.434. The van der Waals surface area contributed by atoms with Crippen molar-refractivity contribution in [3.8, 4) is 0 Å². The summed E-state index contributed by atoms with van der Waals surface area (Å²) in [6.45, 7) is 1.07. The van der Waals surface area contributed by atoms with E-state index in [1.807, 2.05) is 54.6 Å². The Kier molecular flexibility index (Phi) is 7.21. The van der Waals surface area contributed by atoms with Crippen LogP contribution in [0.3, 0.4) is 0 Å². The Hall–Kier alpha value is -3.75. The van der Waals surface area contributed by atoms with Crippen molar-refractivity contribution in [2.24, 2.45) is 0 Å². The van der Waals surface area contributed by atoms with Crippen molar-refractivity contribution in [3.05, 3.63) is 89.4 Å². The van der Waals surface area contributed by atoms with Gasteiger partial charge in [0, 0.05) is 35.9 Å². The molecule has 0 radical (unpaired) electrons. The number of anilines is 3. The highest BCUT2D eigenvalue weighted by Crippen LogP contribution is 2.30. The molecular weight excluding hydrogens is 508 g/mol. The lowest BCUT2D eigenvalue weighted by molar-refractivity contribution is -0.124. The number of carbonyl (C=O) groups is 3. The molecule has 3 aromatic carbocycles. The molecule has 2 saturated heterocycles. The summed E-state index contributed by atoms with van der Waals surface area (Å²) in [5.41, 5.74) is 3.03. The Morgan fingerprint density at radius 2 is 1.65 bits per heavy atom. The minimum absolute atomic E-state index is 0.0642. The lowest BCUT2D eigenvalue weighted by Crippen LogP contribution is -2.37. The third kappa shape index (κ3) is 5.35. The molecule has 3 amide bonds. The first-order chi connectivity index (χ1) is 17.9. The molecule has 0 spiro atoms. The van der Waals surface area contributed by atoms with Crippen LogP contribution in [0.4, 0.5) is 17.1 Å². The van der Waals surface area contributed by atoms with Gasteiger partial charge in [0.25, 0.3) is 5.91 Å². The number of amides is 3. The molecule has 1 atom stereocenters. The van der Waals surface area contributed by atoms with Crippen molar-refractivity contribution < 1.29 is 14.4 Å². The van der Waals surface area contributed by atoms with Crippen LogP contribution in [0.2, 0.25) is 5.02 Å². The lowest BCUT2D eigenvalue weighted by Gasteiger charge is -2.24. The van der Waals surface area contributed by atoms with Crippen molar-refractivity contribution in [3.63, 3.8) is 0 Å². The van der Waals surface area contributed by atoms with Crippen molar-refractivity contribution in [1.29, 1.82) is 0 Å². The summed E-state index contributed by atoms with van der Waals surface area (Å²) in [7, 11) is 0. The second-order valence-corrected chi connectivity index (χ2v) is 9.81. The number of nitrogens with zero attached hydrogens (tertiary/aromatic N) is 3. The van der Waals surface area contributed by atoms with E-state index in [2.05, 4.69) is 5.32 Å². The molecule has 0 aromatic heterocycles. The van der Waals surface area contributed by atoms with Gasteiger partial charge in [0.15, 0.2) is 5.11 Å². The second-order valence-electron chi connectivity index (χ2n) is 9.01. The molecule has 0 unspecified atom stereocenters. The average Bonchev–Trinajstić information content (AvgIpc) is 3.42. The number of thiocarbonyl (C=S) groups is 1. The lowest BCUT2D eigenvalue weighted by atomic mass is 10.1. The van der Waals surface area contributed by atoms with Gasteiger partial charge in [-0.2, -0.15) is 0 Å². The van der Waals surface area contributed by atoms with Gasteiger partial charge in [-0.25, -0.2) is 0 Å². The summed E-state index contributed by atoms with van der Waals surface area (Å²) >= 11 is 11.7. The number of hydrogen-bond acceptors (Lipinski definition) is 4. The van der Waals surface area contributed by atoms with Gasteiger partial charge >= 0.3 is 0 Å². The minimum atomic E-state index is -0.764. The molecular formula is C28H25ClN4O3S. The monoisotopic (exact) mass is 532 g/mol. The minimum Gasteiger partial charge on any atom is -0.332 e. The Bertz CT molecular complexity index is 1330. The number of halogens is 1. The third-order valence-electron chi connectivity index (χ3n) is 6.51. The standard InChI is InChI=1S/C28H25ClN4O3S/c29-20-10-12-21(13-11-20)30-25(34)17-24-27(36)33(23-5-2-1-3-6-23)28(37)32(24)18-19-8-14-22(15-9-19)31-16-4-7-26(31)35/h1-3,5-6,8-15,24H,4,7,16-18H2,(H,30,34)/t24-/m0/s1. The predicted octanol–water partition coefficient (Wildman–Crippen LogP) is 5.00. The number of carbonyl (C=O) groups excluding carboxylic acids is 3. The van der Waals surface area contributed by atoms with Crippen LogP contribution in [0, 0.1) is 0 Å². The zero-order chi connectivity index (χ0) is 25.9. The fourth-order valence-electron chi connectivity index (χ4n) is 4.65. The predicted molar refractivity (Wildman–Crippen MR) is 149 cm³/mol. The molecule has 7 nitrogen and oxygen atoms in total. The summed E-state index contributed by atoms with van der Waals surface area (Å²) in [6.07, 6.45) is 1.37. The van der Waals surface area contributed by atoms with Crippen molar-refractivity contribution in [1.82, 2.24) is 4.90 Å². The molecule has 5 rings (SSSR count). The molecule has 9 heteroatoms. The molecule has 0 saturated carbocycles. The summed E-state index contributed by atoms with van der Waals surface area (Å²) in [5, 5.41) is 3.75. The van der Waals surface area contributed by atoms with Crippen LogP contribution in [-0.4, -0.2) is 40.3 Å². The molecule has 1 N–H and O–H groups in total. The van der Waals surface area contributed by atoms with E-state index >= 15 is 0 Å². The van der Waals surface area contributed by atoms with Crippen molar-refractivity contribution in [2.45, 2.75) is 31.8 Å². The van der Waals surface area contributed by atoms with E-state index in [1.165, 1.54) is 4.90 Å². The molecule has 37 heavy (non-hydrogen) atoms. The Morgan fingerprint density at radius 3 is 2.30 bits per heavy atom. The smallest absolute Gasteiger partial charge is 0.256 e. The molecule has 2 heterocycles. The second kappa shape index (κ2) is 10.7.